The number of fused-ring (bicyclic) bond motifs is 1. The quantitative estimate of drug-likeness (QED) is 0.821. The number of carbonyl (C=O) groups is 2. The van der Waals surface area contributed by atoms with E-state index >= 15 is 0 Å². The van der Waals surface area contributed by atoms with E-state index < -0.39 is 5.60 Å². The molecule has 2 aromatic carbocycles. The number of piperidine rings is 1. The molecule has 1 N–H and O–H groups in total. The summed E-state index contributed by atoms with van der Waals surface area (Å²) in [5.74, 6) is -0.0943. The molecule has 2 aliphatic rings. The summed E-state index contributed by atoms with van der Waals surface area (Å²) in [5.41, 5.74) is -0.980. The third kappa shape index (κ3) is 3.81. The SMILES string of the molecule is CN(C(=O)OC1C2CN(C(=O)C(O)(c3ccccc3)c3ccccc3)CC21)C(C)(C)C. The highest BCUT2D eigenvalue weighted by molar-refractivity contribution is 5.90. The lowest BCUT2D eigenvalue weighted by molar-refractivity contribution is -0.148. The number of nitrogens with zero attached hydrogens (tertiary/aromatic N) is 2. The maximum atomic E-state index is 13.6. The van der Waals surface area contributed by atoms with Gasteiger partial charge in [-0.2, -0.15) is 0 Å². The van der Waals surface area contributed by atoms with E-state index in [9.17, 15) is 14.7 Å². The Bertz CT molecular complexity index is 903. The van der Waals surface area contributed by atoms with Gasteiger partial charge in [-0.25, -0.2) is 4.79 Å². The maximum Gasteiger partial charge on any atom is 0.410 e. The standard InChI is InChI=1S/C25H30N2O4/c1-24(2,3)26(4)23(29)31-21-19-15-27(16-20(19)21)22(28)25(30,17-11-7-5-8-12-17)18-13-9-6-10-14-18/h5-14,19-21,30H,15-16H2,1-4H3. The van der Waals surface area contributed by atoms with Crippen molar-refractivity contribution in [1.82, 2.24) is 9.80 Å². The lowest BCUT2D eigenvalue weighted by Gasteiger charge is -2.34. The molecule has 1 heterocycles. The van der Waals surface area contributed by atoms with Gasteiger partial charge < -0.3 is 19.6 Å². The lowest BCUT2D eigenvalue weighted by atomic mass is 9.85. The minimum Gasteiger partial charge on any atom is -0.445 e. The first-order valence-electron chi connectivity index (χ1n) is 10.7. The van der Waals surface area contributed by atoms with E-state index in [2.05, 4.69) is 0 Å². The highest BCUT2D eigenvalue weighted by Gasteiger charge is 2.61. The van der Waals surface area contributed by atoms with E-state index in [0.717, 1.165) is 0 Å². The zero-order valence-electron chi connectivity index (χ0n) is 18.5. The third-order valence-corrected chi connectivity index (χ3v) is 6.61. The van der Waals surface area contributed by atoms with Gasteiger partial charge in [-0.1, -0.05) is 60.7 Å². The first-order valence-corrected chi connectivity index (χ1v) is 10.7. The molecule has 0 bridgehead atoms. The predicted octanol–water partition coefficient (Wildman–Crippen LogP) is 3.25. The average Bonchev–Trinajstić information content (AvgIpc) is 3.20. The number of hydrogen-bond donors (Lipinski definition) is 1. The number of ether oxygens (including phenoxy) is 1. The van der Waals surface area contributed by atoms with Gasteiger partial charge in [0.15, 0.2) is 5.60 Å². The minimum atomic E-state index is -1.75. The summed E-state index contributed by atoms with van der Waals surface area (Å²) < 4.78 is 5.69. The van der Waals surface area contributed by atoms with Crippen LogP contribution >= 0.6 is 0 Å². The molecule has 1 saturated heterocycles. The summed E-state index contributed by atoms with van der Waals surface area (Å²) >= 11 is 0. The molecule has 0 spiro atoms. The number of aliphatic hydroxyl groups is 1. The number of rotatable bonds is 4. The Kier molecular flexibility index (Phi) is 5.30. The molecule has 2 unspecified atom stereocenters. The Morgan fingerprint density at radius 3 is 1.81 bits per heavy atom. The normalized spacial score (nSPS) is 22.6. The fourth-order valence-corrected chi connectivity index (χ4v) is 4.28. The van der Waals surface area contributed by atoms with Gasteiger partial charge in [-0.15, -0.1) is 0 Å². The predicted molar refractivity (Wildman–Crippen MR) is 117 cm³/mol. The molecule has 4 rings (SSSR count). The fourth-order valence-electron chi connectivity index (χ4n) is 4.28. The first-order chi connectivity index (χ1) is 14.6. The highest BCUT2D eigenvalue weighted by Crippen LogP contribution is 2.49. The van der Waals surface area contributed by atoms with Gasteiger partial charge in [0, 0.05) is 37.5 Å². The van der Waals surface area contributed by atoms with E-state index in [0.29, 0.717) is 24.2 Å². The topological polar surface area (TPSA) is 70.1 Å². The third-order valence-electron chi connectivity index (χ3n) is 6.61. The van der Waals surface area contributed by atoms with E-state index in [1.54, 1.807) is 41.1 Å². The smallest absolute Gasteiger partial charge is 0.410 e. The van der Waals surface area contributed by atoms with Crippen molar-refractivity contribution in [2.45, 2.75) is 38.0 Å². The van der Waals surface area contributed by atoms with Crippen LogP contribution in [0.5, 0.6) is 0 Å². The zero-order chi connectivity index (χ0) is 22.4. The van der Waals surface area contributed by atoms with Crippen LogP contribution in [0.15, 0.2) is 60.7 Å². The van der Waals surface area contributed by atoms with Crippen LogP contribution in [0.1, 0.15) is 31.9 Å². The van der Waals surface area contributed by atoms with Gasteiger partial charge in [0.05, 0.1) is 0 Å². The maximum absolute atomic E-state index is 13.6. The fraction of sp³-hybridized carbons (Fsp3) is 0.440. The molecular weight excluding hydrogens is 392 g/mol. The Hall–Kier alpha value is -2.86. The highest BCUT2D eigenvalue weighted by atomic mass is 16.6. The molecule has 1 aliphatic carbocycles. The minimum absolute atomic E-state index is 0.122. The van der Waals surface area contributed by atoms with Crippen molar-refractivity contribution in [3.8, 4) is 0 Å². The molecule has 1 saturated carbocycles. The Labute approximate surface area is 183 Å². The molecule has 6 heteroatoms. The van der Waals surface area contributed by atoms with Crippen molar-refractivity contribution < 1.29 is 19.4 Å². The molecule has 2 fully saturated rings. The molecular formula is C25H30N2O4. The molecule has 1 aliphatic heterocycles. The summed E-state index contributed by atoms with van der Waals surface area (Å²) in [6.45, 7) is 6.81. The first kappa shape index (κ1) is 21.4. The summed E-state index contributed by atoms with van der Waals surface area (Å²) in [7, 11) is 1.73. The molecule has 164 valence electrons. The monoisotopic (exact) mass is 422 g/mol. The van der Waals surface area contributed by atoms with Gasteiger partial charge in [0.1, 0.15) is 6.10 Å². The second kappa shape index (κ2) is 7.68. The largest absolute Gasteiger partial charge is 0.445 e. The van der Waals surface area contributed by atoms with Crippen molar-refractivity contribution >= 4 is 12.0 Å². The van der Waals surface area contributed by atoms with Crippen LogP contribution in [0, 0.1) is 11.8 Å². The van der Waals surface area contributed by atoms with Crippen LogP contribution in [0.2, 0.25) is 0 Å². The van der Waals surface area contributed by atoms with E-state index in [1.807, 2.05) is 57.2 Å². The molecule has 2 atom stereocenters. The van der Waals surface area contributed by atoms with Gasteiger partial charge in [0.2, 0.25) is 0 Å². The average molecular weight is 423 g/mol. The van der Waals surface area contributed by atoms with Crippen LogP contribution in [0.4, 0.5) is 4.79 Å². The van der Waals surface area contributed by atoms with Gasteiger partial charge in [-0.05, 0) is 31.9 Å². The van der Waals surface area contributed by atoms with Crippen LogP contribution in [0.3, 0.4) is 0 Å². The molecule has 2 aromatic rings. The van der Waals surface area contributed by atoms with E-state index in [-0.39, 0.29) is 35.5 Å². The van der Waals surface area contributed by atoms with Gasteiger partial charge >= 0.3 is 6.09 Å². The summed E-state index contributed by atoms with van der Waals surface area (Å²) in [6, 6.07) is 18.1. The van der Waals surface area contributed by atoms with E-state index in [4.69, 9.17) is 4.74 Å². The van der Waals surface area contributed by atoms with Crippen LogP contribution in [0.25, 0.3) is 0 Å². The van der Waals surface area contributed by atoms with Crippen molar-refractivity contribution in [3.63, 3.8) is 0 Å². The van der Waals surface area contributed by atoms with Gasteiger partial charge in [0.25, 0.3) is 5.91 Å². The number of benzene rings is 2. The summed E-state index contributed by atoms with van der Waals surface area (Å²) in [5, 5.41) is 11.7. The zero-order valence-corrected chi connectivity index (χ0v) is 18.5. The van der Waals surface area contributed by atoms with Crippen molar-refractivity contribution in [3.05, 3.63) is 71.8 Å². The van der Waals surface area contributed by atoms with Crippen LogP contribution in [-0.4, -0.2) is 58.7 Å². The Balaban J connectivity index is 1.48. The second-order valence-electron chi connectivity index (χ2n) is 9.56. The molecule has 31 heavy (non-hydrogen) atoms. The van der Waals surface area contributed by atoms with Crippen LogP contribution < -0.4 is 0 Å². The molecule has 2 amide bonds. The summed E-state index contributed by atoms with van der Waals surface area (Å²) in [4.78, 5) is 29.3. The van der Waals surface area contributed by atoms with Gasteiger partial charge in [-0.3, -0.25) is 4.79 Å². The number of likely N-dealkylation sites (tertiary alicyclic amines) is 1. The summed E-state index contributed by atoms with van der Waals surface area (Å²) in [6.07, 6.45) is -0.502. The van der Waals surface area contributed by atoms with Crippen molar-refractivity contribution in [1.29, 1.82) is 0 Å². The number of carbonyl (C=O) groups excluding carboxylic acids is 2. The molecule has 6 nitrogen and oxygen atoms in total. The Morgan fingerprint density at radius 1 is 0.935 bits per heavy atom. The van der Waals surface area contributed by atoms with Crippen LogP contribution in [-0.2, 0) is 15.1 Å². The number of hydrogen-bond acceptors (Lipinski definition) is 4. The molecule has 0 aromatic heterocycles. The molecule has 0 radical (unpaired) electrons. The number of amides is 2. The second-order valence-corrected chi connectivity index (χ2v) is 9.56. The van der Waals surface area contributed by atoms with E-state index in [1.165, 1.54) is 0 Å². The Morgan fingerprint density at radius 2 is 1.39 bits per heavy atom. The van der Waals surface area contributed by atoms with Crippen molar-refractivity contribution in [2.75, 3.05) is 20.1 Å². The lowest BCUT2D eigenvalue weighted by Crippen LogP contribution is -2.48. The van der Waals surface area contributed by atoms with Crippen molar-refractivity contribution in [2.24, 2.45) is 11.8 Å².